The van der Waals surface area contributed by atoms with Gasteiger partial charge in [-0.3, -0.25) is 4.79 Å². The molecule has 144 valence electrons. The Kier molecular flexibility index (Phi) is 6.11. The molecule has 28 heavy (non-hydrogen) atoms. The van der Waals surface area contributed by atoms with Gasteiger partial charge in [0.25, 0.3) is 5.91 Å². The van der Waals surface area contributed by atoms with Crippen LogP contribution < -0.4 is 10.1 Å². The number of sulfone groups is 1. The van der Waals surface area contributed by atoms with Crippen molar-refractivity contribution in [2.45, 2.75) is 18.4 Å². The molecule has 0 aliphatic heterocycles. The van der Waals surface area contributed by atoms with Crippen LogP contribution in [0.25, 0.3) is 0 Å². The summed E-state index contributed by atoms with van der Waals surface area (Å²) in [4.78, 5) is 12.6. The third kappa shape index (κ3) is 4.98. The highest BCUT2D eigenvalue weighted by Gasteiger charge is 2.12. The Morgan fingerprint density at radius 3 is 2.14 bits per heavy atom. The highest BCUT2D eigenvalue weighted by atomic mass is 32.2. The molecule has 1 N–H and O–H groups in total. The van der Waals surface area contributed by atoms with Crippen molar-refractivity contribution in [3.05, 3.63) is 90.0 Å². The molecule has 1 amide bonds. The molecule has 0 aliphatic rings. The summed E-state index contributed by atoms with van der Waals surface area (Å²) in [6, 6.07) is 22.8. The SMILES string of the molecule is CCS(=O)(=O)c1ccc(NC(=O)c2ccc(COc3ccccc3)cc2)cc1. The Balaban J connectivity index is 1.60. The van der Waals surface area contributed by atoms with Gasteiger partial charge in [-0.25, -0.2) is 8.42 Å². The number of nitrogens with one attached hydrogen (secondary N) is 1. The zero-order valence-corrected chi connectivity index (χ0v) is 16.3. The summed E-state index contributed by atoms with van der Waals surface area (Å²) < 4.78 is 29.4. The monoisotopic (exact) mass is 395 g/mol. The fraction of sp³-hybridized carbons (Fsp3) is 0.136. The molecular weight excluding hydrogens is 374 g/mol. The van der Waals surface area contributed by atoms with E-state index in [0.717, 1.165) is 11.3 Å². The summed E-state index contributed by atoms with van der Waals surface area (Å²) in [5, 5.41) is 2.77. The van der Waals surface area contributed by atoms with E-state index in [1.165, 1.54) is 12.1 Å². The Hall–Kier alpha value is -3.12. The highest BCUT2D eigenvalue weighted by molar-refractivity contribution is 7.91. The van der Waals surface area contributed by atoms with E-state index < -0.39 is 9.84 Å². The standard InChI is InChI=1S/C22H21NO4S/c1-2-28(25,26)21-14-12-19(13-15-21)23-22(24)18-10-8-17(9-11-18)16-27-20-6-4-3-5-7-20/h3-15H,2,16H2,1H3,(H,23,24). The summed E-state index contributed by atoms with van der Waals surface area (Å²) in [5.74, 6) is 0.568. The molecule has 0 radical (unpaired) electrons. The zero-order valence-electron chi connectivity index (χ0n) is 15.5. The van der Waals surface area contributed by atoms with Gasteiger partial charge >= 0.3 is 0 Å². The minimum absolute atomic E-state index is 0.0407. The predicted molar refractivity (Wildman–Crippen MR) is 109 cm³/mol. The first-order chi connectivity index (χ1) is 13.5. The second-order valence-electron chi connectivity index (χ2n) is 6.18. The molecule has 3 aromatic rings. The number of ether oxygens (including phenoxy) is 1. The van der Waals surface area contributed by atoms with Gasteiger partial charge in [0, 0.05) is 11.3 Å². The number of benzene rings is 3. The number of para-hydroxylation sites is 1. The molecule has 0 heterocycles. The maximum atomic E-state index is 12.4. The van der Waals surface area contributed by atoms with Crippen LogP contribution in [0.3, 0.4) is 0 Å². The van der Waals surface area contributed by atoms with Gasteiger partial charge in [0.05, 0.1) is 10.6 Å². The van der Waals surface area contributed by atoms with E-state index in [1.54, 1.807) is 31.2 Å². The molecule has 0 saturated heterocycles. The van der Waals surface area contributed by atoms with Crippen LogP contribution in [0.1, 0.15) is 22.8 Å². The van der Waals surface area contributed by atoms with E-state index in [4.69, 9.17) is 4.74 Å². The van der Waals surface area contributed by atoms with Crippen LogP contribution in [0.5, 0.6) is 5.75 Å². The van der Waals surface area contributed by atoms with E-state index in [2.05, 4.69) is 5.32 Å². The van der Waals surface area contributed by atoms with Gasteiger partial charge in [-0.1, -0.05) is 37.3 Å². The van der Waals surface area contributed by atoms with Crippen LogP contribution in [-0.2, 0) is 16.4 Å². The number of carbonyl (C=O) groups is 1. The Bertz CT molecular complexity index is 1030. The number of hydrogen-bond acceptors (Lipinski definition) is 4. The van der Waals surface area contributed by atoms with Gasteiger partial charge in [-0.2, -0.15) is 0 Å². The van der Waals surface area contributed by atoms with Crippen molar-refractivity contribution in [1.82, 2.24) is 0 Å². The molecule has 3 aromatic carbocycles. The molecule has 5 nitrogen and oxygen atoms in total. The van der Waals surface area contributed by atoms with Crippen molar-refractivity contribution >= 4 is 21.4 Å². The van der Waals surface area contributed by atoms with E-state index in [9.17, 15) is 13.2 Å². The van der Waals surface area contributed by atoms with Crippen LogP contribution in [-0.4, -0.2) is 20.1 Å². The lowest BCUT2D eigenvalue weighted by Crippen LogP contribution is -2.12. The van der Waals surface area contributed by atoms with Crippen LogP contribution in [0, 0.1) is 0 Å². The first kappa shape index (κ1) is 19.6. The molecule has 0 atom stereocenters. The van der Waals surface area contributed by atoms with Crippen molar-refractivity contribution in [2.75, 3.05) is 11.1 Å². The first-order valence-electron chi connectivity index (χ1n) is 8.89. The lowest BCUT2D eigenvalue weighted by molar-refractivity contribution is 0.102. The Morgan fingerprint density at radius 2 is 1.54 bits per heavy atom. The number of carbonyl (C=O) groups excluding carboxylic acids is 1. The lowest BCUT2D eigenvalue weighted by Gasteiger charge is -2.08. The Labute approximate surface area is 164 Å². The maximum Gasteiger partial charge on any atom is 0.255 e. The number of anilines is 1. The molecular formula is C22H21NO4S. The minimum Gasteiger partial charge on any atom is -0.489 e. The van der Waals surface area contributed by atoms with Crippen LogP contribution in [0.4, 0.5) is 5.69 Å². The van der Waals surface area contributed by atoms with Crippen molar-refractivity contribution in [2.24, 2.45) is 0 Å². The van der Waals surface area contributed by atoms with Gasteiger partial charge in [0.1, 0.15) is 12.4 Å². The fourth-order valence-electron chi connectivity index (χ4n) is 2.55. The number of rotatable bonds is 7. The molecule has 0 aliphatic carbocycles. The lowest BCUT2D eigenvalue weighted by atomic mass is 10.1. The summed E-state index contributed by atoms with van der Waals surface area (Å²) in [6.07, 6.45) is 0. The molecule has 3 rings (SSSR count). The Morgan fingerprint density at radius 1 is 0.893 bits per heavy atom. The van der Waals surface area contributed by atoms with Gasteiger partial charge in [0.2, 0.25) is 0 Å². The van der Waals surface area contributed by atoms with Gasteiger partial charge in [-0.15, -0.1) is 0 Å². The van der Waals surface area contributed by atoms with Crippen molar-refractivity contribution < 1.29 is 17.9 Å². The molecule has 0 unspecified atom stereocenters. The minimum atomic E-state index is -3.25. The van der Waals surface area contributed by atoms with Gasteiger partial charge < -0.3 is 10.1 Å². The third-order valence-corrected chi connectivity index (χ3v) is 5.97. The summed E-state index contributed by atoms with van der Waals surface area (Å²) in [7, 11) is -3.25. The maximum absolute atomic E-state index is 12.4. The molecule has 0 bridgehead atoms. The first-order valence-corrected chi connectivity index (χ1v) is 10.5. The summed E-state index contributed by atoms with van der Waals surface area (Å²) in [6.45, 7) is 2.01. The number of hydrogen-bond donors (Lipinski definition) is 1. The summed E-state index contributed by atoms with van der Waals surface area (Å²) >= 11 is 0. The van der Waals surface area contributed by atoms with E-state index in [-0.39, 0.29) is 16.6 Å². The molecule has 0 fully saturated rings. The predicted octanol–water partition coefficient (Wildman–Crippen LogP) is 4.31. The van der Waals surface area contributed by atoms with Crippen molar-refractivity contribution in [3.63, 3.8) is 0 Å². The molecule has 6 heteroatoms. The highest BCUT2D eigenvalue weighted by Crippen LogP contribution is 2.17. The average molecular weight is 395 g/mol. The summed E-state index contributed by atoms with van der Waals surface area (Å²) in [5.41, 5.74) is 2.00. The zero-order chi connectivity index (χ0) is 20.0. The third-order valence-electron chi connectivity index (χ3n) is 4.22. The largest absolute Gasteiger partial charge is 0.489 e. The van der Waals surface area contributed by atoms with E-state index >= 15 is 0 Å². The second-order valence-corrected chi connectivity index (χ2v) is 8.46. The van der Waals surface area contributed by atoms with Crippen molar-refractivity contribution in [3.8, 4) is 5.75 Å². The fourth-order valence-corrected chi connectivity index (χ4v) is 3.44. The van der Waals surface area contributed by atoms with Crippen LogP contribution in [0.2, 0.25) is 0 Å². The van der Waals surface area contributed by atoms with E-state index in [0.29, 0.717) is 17.9 Å². The quantitative estimate of drug-likeness (QED) is 0.647. The molecule has 0 spiro atoms. The molecule has 0 aromatic heterocycles. The second kappa shape index (κ2) is 8.71. The van der Waals surface area contributed by atoms with Crippen LogP contribution >= 0.6 is 0 Å². The smallest absolute Gasteiger partial charge is 0.255 e. The van der Waals surface area contributed by atoms with Crippen LogP contribution in [0.15, 0.2) is 83.8 Å². The van der Waals surface area contributed by atoms with Gasteiger partial charge in [0.15, 0.2) is 9.84 Å². The average Bonchev–Trinajstić information content (AvgIpc) is 2.74. The van der Waals surface area contributed by atoms with E-state index in [1.807, 2.05) is 42.5 Å². The molecule has 0 saturated carbocycles. The normalized spacial score (nSPS) is 11.0. The van der Waals surface area contributed by atoms with Gasteiger partial charge in [-0.05, 0) is 54.1 Å². The van der Waals surface area contributed by atoms with Crippen molar-refractivity contribution in [1.29, 1.82) is 0 Å². The topological polar surface area (TPSA) is 72.5 Å². The number of amides is 1.